The zero-order valence-electron chi connectivity index (χ0n) is 15.2. The Hall–Kier alpha value is -2.58. The number of sulfonamides is 1. The van der Waals surface area contributed by atoms with Crippen molar-refractivity contribution in [1.29, 1.82) is 0 Å². The molecule has 0 saturated carbocycles. The van der Waals surface area contributed by atoms with Crippen molar-refractivity contribution in [3.05, 3.63) is 54.1 Å². The topological polar surface area (TPSA) is 102 Å². The number of hydrogen-bond acceptors (Lipinski definition) is 5. The second-order valence-electron chi connectivity index (χ2n) is 5.68. The summed E-state index contributed by atoms with van der Waals surface area (Å²) in [5.74, 6) is -0.534. The molecule has 0 aliphatic heterocycles. The molecule has 0 radical (unpaired) electrons. The Labute approximate surface area is 159 Å². The molecule has 0 aromatic heterocycles. The summed E-state index contributed by atoms with van der Waals surface area (Å²) in [4.78, 5) is 11.5. The third-order valence-corrected chi connectivity index (χ3v) is 5.17. The van der Waals surface area contributed by atoms with Gasteiger partial charge in [0.15, 0.2) is 11.5 Å². The summed E-state index contributed by atoms with van der Waals surface area (Å²) in [6, 6.07) is 11.7. The van der Waals surface area contributed by atoms with E-state index in [1.54, 1.807) is 37.3 Å². The minimum absolute atomic E-state index is 0.0325. The number of rotatable bonds is 10. The van der Waals surface area contributed by atoms with E-state index in [2.05, 4.69) is 4.72 Å². The van der Waals surface area contributed by atoms with Crippen LogP contribution in [0.5, 0.6) is 11.5 Å². The van der Waals surface area contributed by atoms with Gasteiger partial charge >= 0.3 is 5.97 Å². The molecule has 2 aromatic rings. The summed E-state index contributed by atoms with van der Waals surface area (Å²) in [5.41, 5.74) is 0.717. The lowest BCUT2D eigenvalue weighted by Crippen LogP contribution is -2.42. The maximum Gasteiger partial charge on any atom is 0.322 e. The van der Waals surface area contributed by atoms with E-state index >= 15 is 0 Å². The van der Waals surface area contributed by atoms with Gasteiger partial charge in [0.25, 0.3) is 0 Å². The van der Waals surface area contributed by atoms with Crippen molar-refractivity contribution in [1.82, 2.24) is 4.72 Å². The van der Waals surface area contributed by atoms with E-state index in [-0.39, 0.29) is 17.1 Å². The lowest BCUT2D eigenvalue weighted by atomic mass is 10.1. The first-order valence-electron chi connectivity index (χ1n) is 8.56. The SMILES string of the molecule is CCOc1ccc(S(=O)(=O)N[C@@H](Cc2ccccc2)C(=O)O)cc1OCC. The fraction of sp³-hybridized carbons (Fsp3) is 0.316. The maximum atomic E-state index is 12.7. The number of carbonyl (C=O) groups is 1. The van der Waals surface area contributed by atoms with Crippen LogP contribution in [0.1, 0.15) is 19.4 Å². The third kappa shape index (κ3) is 5.70. The Morgan fingerprint density at radius 1 is 1.04 bits per heavy atom. The van der Waals surface area contributed by atoms with Crippen LogP contribution in [0.3, 0.4) is 0 Å². The third-order valence-electron chi connectivity index (χ3n) is 3.70. The van der Waals surface area contributed by atoms with Crippen LogP contribution in [0.15, 0.2) is 53.4 Å². The lowest BCUT2D eigenvalue weighted by Gasteiger charge is -2.16. The van der Waals surface area contributed by atoms with Gasteiger partial charge in [0.2, 0.25) is 10.0 Å². The van der Waals surface area contributed by atoms with Crippen molar-refractivity contribution in [3.8, 4) is 11.5 Å². The molecule has 2 aromatic carbocycles. The number of benzene rings is 2. The van der Waals surface area contributed by atoms with Crippen LogP contribution in [-0.4, -0.2) is 38.7 Å². The van der Waals surface area contributed by atoms with Crippen molar-refractivity contribution >= 4 is 16.0 Å². The molecule has 7 nitrogen and oxygen atoms in total. The summed E-state index contributed by atoms with van der Waals surface area (Å²) in [5, 5.41) is 9.43. The lowest BCUT2D eigenvalue weighted by molar-refractivity contribution is -0.138. The maximum absolute atomic E-state index is 12.7. The Bertz CT molecular complexity index is 867. The van der Waals surface area contributed by atoms with Crippen molar-refractivity contribution in [2.75, 3.05) is 13.2 Å². The van der Waals surface area contributed by atoms with Crippen LogP contribution in [0.2, 0.25) is 0 Å². The average molecular weight is 393 g/mol. The smallest absolute Gasteiger partial charge is 0.322 e. The molecule has 146 valence electrons. The zero-order chi connectivity index (χ0) is 19.9. The van der Waals surface area contributed by atoms with Gasteiger partial charge in [-0.1, -0.05) is 30.3 Å². The molecule has 2 rings (SSSR count). The predicted octanol–water partition coefficient (Wildman–Crippen LogP) is 2.46. The molecule has 0 aliphatic carbocycles. The fourth-order valence-electron chi connectivity index (χ4n) is 2.48. The summed E-state index contributed by atoms with van der Waals surface area (Å²) >= 11 is 0. The summed E-state index contributed by atoms with van der Waals surface area (Å²) < 4.78 is 38.5. The highest BCUT2D eigenvalue weighted by Gasteiger charge is 2.26. The molecule has 0 amide bonds. The molecule has 0 saturated heterocycles. The second kappa shape index (κ2) is 9.38. The van der Waals surface area contributed by atoms with Gasteiger partial charge in [-0.3, -0.25) is 4.79 Å². The van der Waals surface area contributed by atoms with E-state index in [9.17, 15) is 18.3 Å². The van der Waals surface area contributed by atoms with Gasteiger partial charge in [0.1, 0.15) is 6.04 Å². The van der Waals surface area contributed by atoms with E-state index in [0.29, 0.717) is 24.5 Å². The molecular formula is C19H23NO6S. The van der Waals surface area contributed by atoms with E-state index in [1.165, 1.54) is 18.2 Å². The summed E-state index contributed by atoms with van der Waals surface area (Å²) in [6.45, 7) is 4.32. The molecule has 0 aliphatic rings. The normalized spacial score (nSPS) is 12.4. The highest BCUT2D eigenvalue weighted by Crippen LogP contribution is 2.30. The van der Waals surface area contributed by atoms with Crippen LogP contribution < -0.4 is 14.2 Å². The molecule has 0 fully saturated rings. The van der Waals surface area contributed by atoms with Gasteiger partial charge in [-0.2, -0.15) is 4.72 Å². The highest BCUT2D eigenvalue weighted by atomic mass is 32.2. The minimum atomic E-state index is -4.06. The number of carboxylic acid groups (broad SMARTS) is 1. The molecular weight excluding hydrogens is 370 g/mol. The van der Waals surface area contributed by atoms with Crippen molar-refractivity contribution in [2.45, 2.75) is 31.2 Å². The standard InChI is InChI=1S/C19H23NO6S/c1-3-25-17-11-10-15(13-18(17)26-4-2)27(23,24)20-16(19(21)22)12-14-8-6-5-7-9-14/h5-11,13,16,20H,3-4,12H2,1-2H3,(H,21,22)/t16-/m0/s1. The second-order valence-corrected chi connectivity index (χ2v) is 7.39. The van der Waals surface area contributed by atoms with Gasteiger partial charge in [-0.15, -0.1) is 0 Å². The minimum Gasteiger partial charge on any atom is -0.490 e. The predicted molar refractivity (Wildman–Crippen MR) is 101 cm³/mol. The van der Waals surface area contributed by atoms with Crippen LogP contribution in [-0.2, 0) is 21.2 Å². The highest BCUT2D eigenvalue weighted by molar-refractivity contribution is 7.89. The largest absolute Gasteiger partial charge is 0.490 e. The molecule has 0 heterocycles. The number of aliphatic carboxylic acids is 1. The van der Waals surface area contributed by atoms with Gasteiger partial charge in [0.05, 0.1) is 18.1 Å². The van der Waals surface area contributed by atoms with Crippen molar-refractivity contribution in [3.63, 3.8) is 0 Å². The van der Waals surface area contributed by atoms with Crippen molar-refractivity contribution in [2.24, 2.45) is 0 Å². The summed E-state index contributed by atoms with van der Waals surface area (Å²) in [6.07, 6.45) is 0.0325. The molecule has 1 atom stereocenters. The number of hydrogen-bond donors (Lipinski definition) is 2. The van der Waals surface area contributed by atoms with Gasteiger partial charge in [-0.05, 0) is 38.0 Å². The van der Waals surface area contributed by atoms with Gasteiger partial charge in [-0.25, -0.2) is 8.42 Å². The number of carboxylic acids is 1. The fourth-order valence-corrected chi connectivity index (χ4v) is 3.69. The van der Waals surface area contributed by atoms with E-state index in [4.69, 9.17) is 9.47 Å². The quantitative estimate of drug-likeness (QED) is 0.643. The first-order valence-corrected chi connectivity index (χ1v) is 10.0. The molecule has 0 unspecified atom stereocenters. The zero-order valence-corrected chi connectivity index (χ0v) is 16.0. The van der Waals surface area contributed by atoms with Gasteiger partial charge in [0, 0.05) is 6.07 Å². The first kappa shape index (κ1) is 20.7. The monoisotopic (exact) mass is 393 g/mol. The molecule has 0 bridgehead atoms. The van der Waals surface area contributed by atoms with Crippen LogP contribution in [0, 0.1) is 0 Å². The Morgan fingerprint density at radius 3 is 2.26 bits per heavy atom. The van der Waals surface area contributed by atoms with E-state index in [1.807, 2.05) is 6.92 Å². The molecule has 8 heteroatoms. The van der Waals surface area contributed by atoms with Crippen molar-refractivity contribution < 1.29 is 27.8 Å². The molecule has 2 N–H and O–H groups in total. The average Bonchev–Trinajstić information content (AvgIpc) is 2.63. The molecule has 0 spiro atoms. The number of ether oxygens (including phenoxy) is 2. The summed E-state index contributed by atoms with van der Waals surface area (Å²) in [7, 11) is -4.06. The van der Waals surface area contributed by atoms with E-state index < -0.39 is 22.0 Å². The molecule has 27 heavy (non-hydrogen) atoms. The Kier molecular flexibility index (Phi) is 7.20. The first-order chi connectivity index (χ1) is 12.9. The van der Waals surface area contributed by atoms with Crippen LogP contribution >= 0.6 is 0 Å². The Morgan fingerprint density at radius 2 is 1.67 bits per heavy atom. The van der Waals surface area contributed by atoms with Gasteiger partial charge < -0.3 is 14.6 Å². The van der Waals surface area contributed by atoms with Crippen LogP contribution in [0.25, 0.3) is 0 Å². The van der Waals surface area contributed by atoms with Crippen LogP contribution in [0.4, 0.5) is 0 Å². The van der Waals surface area contributed by atoms with E-state index in [0.717, 1.165) is 0 Å². The number of nitrogens with one attached hydrogen (secondary N) is 1. The Balaban J connectivity index is 2.27.